The van der Waals surface area contributed by atoms with Crippen LogP contribution in [0.25, 0.3) is 10.6 Å². The summed E-state index contributed by atoms with van der Waals surface area (Å²) in [6.45, 7) is 3.88. The molecular formula is C25H26F3N3O2S2. The van der Waals surface area contributed by atoms with E-state index >= 15 is 0 Å². The van der Waals surface area contributed by atoms with Crippen LogP contribution < -0.4 is 5.32 Å². The monoisotopic (exact) mass is 521 g/mol. The van der Waals surface area contributed by atoms with Crippen LogP contribution in [0.3, 0.4) is 0 Å². The number of carbonyl (C=O) groups excluding carboxylic acids is 2. The predicted molar refractivity (Wildman–Crippen MR) is 130 cm³/mol. The van der Waals surface area contributed by atoms with E-state index in [0.717, 1.165) is 26.3 Å². The number of halogens is 3. The Balaban J connectivity index is 1.31. The quantitative estimate of drug-likeness (QED) is 0.401. The second-order valence-electron chi connectivity index (χ2n) is 8.86. The molecule has 1 saturated carbocycles. The van der Waals surface area contributed by atoms with Crippen molar-refractivity contribution >= 4 is 34.4 Å². The minimum Gasteiger partial charge on any atom is -0.341 e. The number of alkyl halides is 3. The number of amides is 1. The lowest BCUT2D eigenvalue weighted by Gasteiger charge is -2.29. The maximum Gasteiger partial charge on any atom is 0.412 e. The molecule has 0 spiro atoms. The number of carbonyl (C=O) groups is 2. The molecule has 1 amide bonds. The SMILES string of the molecule is Cc1nc(C)c(-c2csc(CC(=O)C3CCC(C(=O)N[C@H](c4ccccc4)C(F)(F)F)CC3)n2)s1. The molecule has 2 heterocycles. The van der Waals surface area contributed by atoms with Gasteiger partial charge >= 0.3 is 6.18 Å². The van der Waals surface area contributed by atoms with Crippen molar-refractivity contribution in [2.24, 2.45) is 11.8 Å². The van der Waals surface area contributed by atoms with Gasteiger partial charge in [-0.3, -0.25) is 9.59 Å². The maximum absolute atomic E-state index is 13.6. The molecule has 1 aliphatic carbocycles. The van der Waals surface area contributed by atoms with Gasteiger partial charge in [-0.25, -0.2) is 9.97 Å². The van der Waals surface area contributed by atoms with Crippen molar-refractivity contribution in [2.75, 3.05) is 0 Å². The molecule has 1 fully saturated rings. The lowest BCUT2D eigenvalue weighted by Crippen LogP contribution is -2.42. The van der Waals surface area contributed by atoms with E-state index in [1.807, 2.05) is 19.2 Å². The first-order chi connectivity index (χ1) is 16.6. The van der Waals surface area contributed by atoms with E-state index in [9.17, 15) is 22.8 Å². The zero-order valence-electron chi connectivity index (χ0n) is 19.4. The summed E-state index contributed by atoms with van der Waals surface area (Å²) in [6, 6.07) is 5.33. The Morgan fingerprint density at radius 2 is 1.71 bits per heavy atom. The summed E-state index contributed by atoms with van der Waals surface area (Å²) >= 11 is 3.02. The van der Waals surface area contributed by atoms with Gasteiger partial charge in [-0.2, -0.15) is 13.2 Å². The number of nitrogens with one attached hydrogen (secondary N) is 1. The highest BCUT2D eigenvalue weighted by Crippen LogP contribution is 2.36. The van der Waals surface area contributed by atoms with Gasteiger partial charge < -0.3 is 5.32 Å². The molecule has 0 saturated heterocycles. The Morgan fingerprint density at radius 1 is 1.06 bits per heavy atom. The van der Waals surface area contributed by atoms with E-state index in [2.05, 4.69) is 15.3 Å². The molecule has 0 unspecified atom stereocenters. The number of nitrogens with zero attached hydrogens (tertiary/aromatic N) is 2. The van der Waals surface area contributed by atoms with Crippen molar-refractivity contribution in [1.29, 1.82) is 0 Å². The van der Waals surface area contributed by atoms with Crippen molar-refractivity contribution in [3.63, 3.8) is 0 Å². The Bertz CT molecular complexity index is 1180. The summed E-state index contributed by atoms with van der Waals surface area (Å²) in [5.41, 5.74) is 1.76. The fourth-order valence-electron chi connectivity index (χ4n) is 4.50. The second-order valence-corrected chi connectivity index (χ2v) is 11.0. The van der Waals surface area contributed by atoms with E-state index in [-0.39, 0.29) is 23.7 Å². The zero-order chi connectivity index (χ0) is 25.2. The molecule has 0 bridgehead atoms. The fraction of sp³-hybridized carbons (Fsp3) is 0.440. The van der Waals surface area contributed by atoms with Crippen LogP contribution in [0.2, 0.25) is 0 Å². The van der Waals surface area contributed by atoms with Crippen molar-refractivity contribution in [3.05, 3.63) is 57.0 Å². The van der Waals surface area contributed by atoms with Crippen molar-refractivity contribution in [1.82, 2.24) is 15.3 Å². The summed E-state index contributed by atoms with van der Waals surface area (Å²) < 4.78 is 40.7. The molecule has 1 N–H and O–H groups in total. The van der Waals surface area contributed by atoms with Crippen molar-refractivity contribution in [2.45, 2.75) is 58.2 Å². The van der Waals surface area contributed by atoms with Crippen LogP contribution in [0.1, 0.15) is 53.0 Å². The zero-order valence-corrected chi connectivity index (χ0v) is 21.0. The Morgan fingerprint density at radius 3 is 2.31 bits per heavy atom. The summed E-state index contributed by atoms with van der Waals surface area (Å²) in [5.74, 6) is -1.27. The van der Waals surface area contributed by atoms with Gasteiger partial charge in [0.1, 0.15) is 10.8 Å². The van der Waals surface area contributed by atoms with Gasteiger partial charge in [0.2, 0.25) is 5.91 Å². The lowest BCUT2D eigenvalue weighted by molar-refractivity contribution is -0.165. The molecule has 186 valence electrons. The molecule has 5 nitrogen and oxygen atoms in total. The Kier molecular flexibility index (Phi) is 7.70. The number of benzene rings is 1. The predicted octanol–water partition coefficient (Wildman–Crippen LogP) is 6.22. The van der Waals surface area contributed by atoms with Gasteiger partial charge in [-0.15, -0.1) is 22.7 Å². The molecule has 4 rings (SSSR count). The van der Waals surface area contributed by atoms with Gasteiger partial charge in [0, 0.05) is 17.2 Å². The van der Waals surface area contributed by atoms with Crippen LogP contribution in [0.5, 0.6) is 0 Å². The molecule has 35 heavy (non-hydrogen) atoms. The Labute approximate surface area is 209 Å². The minimum atomic E-state index is -4.59. The highest BCUT2D eigenvalue weighted by atomic mass is 32.1. The maximum atomic E-state index is 13.6. The van der Waals surface area contributed by atoms with E-state index in [0.29, 0.717) is 25.7 Å². The molecule has 1 aliphatic rings. The molecule has 0 aliphatic heterocycles. The van der Waals surface area contributed by atoms with Crippen LogP contribution in [0.15, 0.2) is 35.7 Å². The standard InChI is InChI=1S/C25H26F3N3O2S2/c1-14-22(35-15(2)29-14)19-13-34-21(30-19)12-20(32)16-8-10-18(11-9-16)24(33)31-23(25(26,27)28)17-6-4-3-5-7-17/h3-7,13,16,18,23H,8-12H2,1-2H3,(H,31,33)/t16?,18?,23-/m1/s1. The minimum absolute atomic E-state index is 0.00344. The molecular weight excluding hydrogens is 495 g/mol. The molecule has 2 aromatic heterocycles. The number of ketones is 1. The van der Waals surface area contributed by atoms with Crippen molar-refractivity contribution < 1.29 is 22.8 Å². The smallest absolute Gasteiger partial charge is 0.341 e. The van der Waals surface area contributed by atoms with Crippen LogP contribution in [-0.2, 0) is 16.0 Å². The normalized spacial score (nSPS) is 19.3. The highest BCUT2D eigenvalue weighted by molar-refractivity contribution is 7.16. The third-order valence-corrected chi connectivity index (χ3v) is 8.26. The number of Topliss-reactive ketones (excluding diaryl/α,β-unsaturated/α-hetero) is 1. The van der Waals surface area contributed by atoms with E-state index in [4.69, 9.17) is 0 Å². The van der Waals surface area contributed by atoms with Gasteiger partial charge in [-0.1, -0.05) is 30.3 Å². The second kappa shape index (κ2) is 10.6. The topological polar surface area (TPSA) is 72.0 Å². The fourth-order valence-corrected chi connectivity index (χ4v) is 6.25. The van der Waals surface area contributed by atoms with Gasteiger partial charge in [0.05, 0.1) is 27.7 Å². The summed E-state index contributed by atoms with van der Waals surface area (Å²) in [4.78, 5) is 35.6. The summed E-state index contributed by atoms with van der Waals surface area (Å²) in [7, 11) is 0. The number of thiazole rings is 2. The number of rotatable bonds is 7. The van der Waals surface area contributed by atoms with Gasteiger partial charge in [-0.05, 0) is 45.1 Å². The molecule has 0 radical (unpaired) electrons. The molecule has 3 aromatic rings. The van der Waals surface area contributed by atoms with Crippen LogP contribution >= 0.6 is 22.7 Å². The third-order valence-electron chi connectivity index (χ3n) is 6.31. The van der Waals surface area contributed by atoms with Crippen molar-refractivity contribution in [3.8, 4) is 10.6 Å². The lowest BCUT2D eigenvalue weighted by atomic mass is 9.79. The molecule has 10 heteroatoms. The van der Waals surface area contributed by atoms with Crippen LogP contribution in [0.4, 0.5) is 13.2 Å². The first-order valence-corrected chi connectivity index (χ1v) is 13.1. The van der Waals surface area contributed by atoms with Gasteiger partial charge in [0.15, 0.2) is 6.04 Å². The Hall–Kier alpha value is -2.59. The number of hydrogen-bond acceptors (Lipinski definition) is 6. The number of hydrogen-bond donors (Lipinski definition) is 1. The van der Waals surface area contributed by atoms with E-state index in [1.165, 1.54) is 35.6 Å². The van der Waals surface area contributed by atoms with Crippen LogP contribution in [0, 0.1) is 25.7 Å². The summed E-state index contributed by atoms with van der Waals surface area (Å²) in [6.07, 6.45) is -2.59. The molecule has 1 aromatic carbocycles. The first kappa shape index (κ1) is 25.5. The highest BCUT2D eigenvalue weighted by Gasteiger charge is 2.43. The average molecular weight is 522 g/mol. The van der Waals surface area contributed by atoms with Crippen LogP contribution in [-0.4, -0.2) is 27.8 Å². The summed E-state index contributed by atoms with van der Waals surface area (Å²) in [5, 5.41) is 5.84. The van der Waals surface area contributed by atoms with Gasteiger partial charge in [0.25, 0.3) is 0 Å². The van der Waals surface area contributed by atoms with E-state index < -0.39 is 24.0 Å². The number of aromatic nitrogens is 2. The van der Waals surface area contributed by atoms with E-state index in [1.54, 1.807) is 17.4 Å². The largest absolute Gasteiger partial charge is 0.412 e. The third kappa shape index (κ3) is 6.16. The first-order valence-electron chi connectivity index (χ1n) is 11.5. The average Bonchev–Trinajstić information content (AvgIpc) is 3.42. The number of aryl methyl sites for hydroxylation is 2. The molecule has 1 atom stereocenters.